The molecule has 0 aliphatic rings. The van der Waals surface area contributed by atoms with Crippen LogP contribution in [-0.2, 0) is 11.5 Å². The summed E-state index contributed by atoms with van der Waals surface area (Å²) in [6, 6.07) is 21.1. The Labute approximate surface area is 213 Å². The summed E-state index contributed by atoms with van der Waals surface area (Å²) < 4.78 is 0. The molecule has 0 amide bonds. The Morgan fingerprint density at radius 2 is 1.37 bits per heavy atom. The number of nitrogen functional groups attached to an aromatic ring is 2. The minimum Gasteiger partial charge on any atom is -0.383 e. The standard InChI is InChI=1S/C12H10N4OS2.C11H11N3OS/c13-7-19-9-10(14)15-12(16-11(9)17)18-6-8-4-2-1-3-5-8;12-9-6-10(15)14-11(13-9)16-7-8-4-2-1-3-5-8/h1-5H,6H2,(H3,14,15,16,17);1-6H,7H2,(H3,12,13,14,15). The fraction of sp³-hybridized carbons (Fsp3) is 0.0870. The number of benzene rings is 2. The molecule has 12 heteroatoms. The van der Waals surface area contributed by atoms with E-state index in [1.165, 1.54) is 35.2 Å². The third kappa shape index (κ3) is 8.56. The van der Waals surface area contributed by atoms with E-state index in [1.807, 2.05) is 66.1 Å². The van der Waals surface area contributed by atoms with Gasteiger partial charge in [0.1, 0.15) is 21.9 Å². The zero-order valence-corrected chi connectivity index (χ0v) is 20.8. The molecule has 0 radical (unpaired) electrons. The first-order chi connectivity index (χ1) is 16.9. The summed E-state index contributed by atoms with van der Waals surface area (Å²) in [6.07, 6.45) is 0. The normalized spacial score (nSPS) is 10.1. The quantitative estimate of drug-likeness (QED) is 0.159. The van der Waals surface area contributed by atoms with Gasteiger partial charge >= 0.3 is 0 Å². The number of hydrogen-bond donors (Lipinski definition) is 4. The van der Waals surface area contributed by atoms with Crippen LogP contribution in [0.4, 0.5) is 11.6 Å². The van der Waals surface area contributed by atoms with Crippen molar-refractivity contribution in [2.24, 2.45) is 0 Å². The summed E-state index contributed by atoms with van der Waals surface area (Å²) in [5, 5.41) is 11.4. The van der Waals surface area contributed by atoms with Gasteiger partial charge in [-0.3, -0.25) is 9.59 Å². The van der Waals surface area contributed by atoms with Crippen LogP contribution >= 0.6 is 35.3 Å². The maximum absolute atomic E-state index is 11.7. The Bertz CT molecular complexity index is 1400. The van der Waals surface area contributed by atoms with Crippen LogP contribution in [0.15, 0.2) is 91.5 Å². The third-order valence-corrected chi connectivity index (χ3v) is 6.78. The number of aromatic nitrogens is 4. The van der Waals surface area contributed by atoms with Gasteiger partial charge in [-0.2, -0.15) is 5.26 Å². The highest BCUT2D eigenvalue weighted by atomic mass is 32.2. The van der Waals surface area contributed by atoms with Crippen LogP contribution in [0, 0.1) is 10.7 Å². The fourth-order valence-corrected chi connectivity index (χ4v) is 4.69. The van der Waals surface area contributed by atoms with Gasteiger partial charge in [-0.15, -0.1) is 0 Å². The number of nitrogens with one attached hydrogen (secondary N) is 2. The minimum atomic E-state index is -0.380. The molecule has 6 N–H and O–H groups in total. The van der Waals surface area contributed by atoms with Crippen molar-refractivity contribution in [1.29, 1.82) is 5.26 Å². The minimum absolute atomic E-state index is 0.0888. The van der Waals surface area contributed by atoms with E-state index < -0.39 is 0 Å². The lowest BCUT2D eigenvalue weighted by Gasteiger charge is -2.04. The van der Waals surface area contributed by atoms with Gasteiger partial charge in [0.15, 0.2) is 10.3 Å². The van der Waals surface area contributed by atoms with E-state index in [1.54, 1.807) is 0 Å². The smallest absolute Gasteiger partial charge is 0.268 e. The van der Waals surface area contributed by atoms with Gasteiger partial charge in [0.05, 0.1) is 0 Å². The van der Waals surface area contributed by atoms with Crippen molar-refractivity contribution in [3.05, 3.63) is 98.6 Å². The summed E-state index contributed by atoms with van der Waals surface area (Å²) in [4.78, 5) is 36.3. The van der Waals surface area contributed by atoms with Crippen molar-refractivity contribution in [2.75, 3.05) is 11.5 Å². The molecule has 4 aromatic rings. The number of thiocyanates is 1. The molecule has 2 heterocycles. The van der Waals surface area contributed by atoms with E-state index in [0.29, 0.717) is 27.8 Å². The maximum atomic E-state index is 11.7. The summed E-state index contributed by atoms with van der Waals surface area (Å²) in [6.45, 7) is 0. The van der Waals surface area contributed by atoms with E-state index in [9.17, 15) is 9.59 Å². The van der Waals surface area contributed by atoms with Gasteiger partial charge in [0.2, 0.25) is 0 Å². The van der Waals surface area contributed by atoms with Crippen LogP contribution in [-0.4, -0.2) is 19.9 Å². The average molecular weight is 524 g/mol. The second-order valence-corrected chi connectivity index (χ2v) is 9.53. The van der Waals surface area contributed by atoms with Gasteiger partial charge in [-0.1, -0.05) is 84.2 Å². The molecule has 0 aliphatic heterocycles. The molecule has 0 saturated carbocycles. The van der Waals surface area contributed by atoms with Crippen LogP contribution < -0.4 is 22.6 Å². The van der Waals surface area contributed by atoms with E-state index in [-0.39, 0.29) is 27.6 Å². The van der Waals surface area contributed by atoms with Gasteiger partial charge < -0.3 is 21.4 Å². The van der Waals surface area contributed by atoms with E-state index in [0.717, 1.165) is 11.3 Å². The predicted octanol–water partition coefficient (Wildman–Crippen LogP) is 3.86. The molecule has 2 aromatic carbocycles. The first kappa shape index (κ1) is 26.0. The molecule has 0 bridgehead atoms. The topological polar surface area (TPSA) is 167 Å². The Balaban J connectivity index is 0.000000198. The number of hydrogen-bond acceptors (Lipinski definition) is 10. The molecule has 0 atom stereocenters. The molecule has 0 aliphatic carbocycles. The van der Waals surface area contributed by atoms with Crippen molar-refractivity contribution in [2.45, 2.75) is 26.7 Å². The lowest BCUT2D eigenvalue weighted by atomic mass is 10.2. The van der Waals surface area contributed by atoms with Crippen LogP contribution in [0.1, 0.15) is 11.1 Å². The first-order valence-electron chi connectivity index (χ1n) is 10.1. The Hall–Kier alpha value is -3.66. The number of rotatable bonds is 7. The third-order valence-electron chi connectivity index (χ3n) is 4.21. The number of anilines is 2. The monoisotopic (exact) mass is 523 g/mol. The zero-order chi connectivity index (χ0) is 25.0. The van der Waals surface area contributed by atoms with Crippen LogP contribution in [0.3, 0.4) is 0 Å². The van der Waals surface area contributed by atoms with E-state index in [2.05, 4.69) is 19.9 Å². The van der Waals surface area contributed by atoms with Crippen LogP contribution in [0.2, 0.25) is 0 Å². The highest BCUT2D eigenvalue weighted by Gasteiger charge is 2.10. The number of nitriles is 1. The number of nitrogens with two attached hydrogens (primary N) is 2. The molecule has 178 valence electrons. The Morgan fingerprint density at radius 1 is 0.829 bits per heavy atom. The van der Waals surface area contributed by atoms with Gasteiger partial charge in [0, 0.05) is 17.6 Å². The summed E-state index contributed by atoms with van der Waals surface area (Å²) in [7, 11) is 0. The van der Waals surface area contributed by atoms with Crippen molar-refractivity contribution >= 4 is 46.9 Å². The Morgan fingerprint density at radius 3 is 1.86 bits per heavy atom. The highest BCUT2D eigenvalue weighted by molar-refractivity contribution is 8.03. The molecule has 0 spiro atoms. The molecule has 2 aromatic heterocycles. The van der Waals surface area contributed by atoms with Gasteiger partial charge in [-0.05, 0) is 22.9 Å². The zero-order valence-electron chi connectivity index (χ0n) is 18.3. The van der Waals surface area contributed by atoms with Crippen molar-refractivity contribution in [3.8, 4) is 5.40 Å². The molecular formula is C23H21N7O2S3. The number of thioether (sulfide) groups is 3. The van der Waals surface area contributed by atoms with Crippen LogP contribution in [0.5, 0.6) is 0 Å². The SMILES string of the molecule is N#CSc1c(N)nc(SCc2ccccc2)[nH]c1=O.Nc1cc(=O)[nH]c(SCc2ccccc2)n1. The second kappa shape index (κ2) is 13.3. The summed E-state index contributed by atoms with van der Waals surface area (Å²) in [5.41, 5.74) is 12.9. The lowest BCUT2D eigenvalue weighted by Crippen LogP contribution is -2.14. The molecule has 9 nitrogen and oxygen atoms in total. The largest absolute Gasteiger partial charge is 0.383 e. The highest BCUT2D eigenvalue weighted by Crippen LogP contribution is 2.23. The molecule has 0 fully saturated rings. The van der Waals surface area contributed by atoms with Crippen molar-refractivity contribution < 1.29 is 0 Å². The molecular weight excluding hydrogens is 503 g/mol. The number of aromatic amines is 2. The Kier molecular flexibility index (Phi) is 9.85. The maximum Gasteiger partial charge on any atom is 0.268 e. The van der Waals surface area contributed by atoms with Gasteiger partial charge in [-0.25, -0.2) is 9.97 Å². The second-order valence-electron chi connectivity index (χ2n) is 6.80. The fourth-order valence-electron chi connectivity index (χ4n) is 2.64. The molecule has 0 saturated heterocycles. The number of H-pyrrole nitrogens is 2. The van der Waals surface area contributed by atoms with E-state index in [4.69, 9.17) is 16.7 Å². The molecule has 35 heavy (non-hydrogen) atoms. The summed E-state index contributed by atoms with van der Waals surface area (Å²) >= 11 is 3.56. The predicted molar refractivity (Wildman–Crippen MR) is 142 cm³/mol. The van der Waals surface area contributed by atoms with Crippen LogP contribution in [0.25, 0.3) is 0 Å². The average Bonchev–Trinajstić information content (AvgIpc) is 2.85. The first-order valence-corrected chi connectivity index (χ1v) is 12.9. The lowest BCUT2D eigenvalue weighted by molar-refractivity contribution is 0.905. The molecule has 4 rings (SSSR count). The van der Waals surface area contributed by atoms with Crippen molar-refractivity contribution in [3.63, 3.8) is 0 Å². The molecule has 0 unspecified atom stereocenters. The number of nitrogens with zero attached hydrogens (tertiary/aromatic N) is 3. The van der Waals surface area contributed by atoms with Crippen molar-refractivity contribution in [1.82, 2.24) is 19.9 Å². The van der Waals surface area contributed by atoms with Gasteiger partial charge in [0.25, 0.3) is 11.1 Å². The summed E-state index contributed by atoms with van der Waals surface area (Å²) in [5.74, 6) is 1.78. The van der Waals surface area contributed by atoms with E-state index >= 15 is 0 Å².